The normalized spacial score (nSPS) is 14.4. The molecule has 1 amide bonds. The molecule has 0 atom stereocenters. The number of nitrogens with zero attached hydrogens (tertiary/aromatic N) is 1. The van der Waals surface area contributed by atoms with E-state index >= 15 is 0 Å². The Hall–Kier alpha value is -3.60. The summed E-state index contributed by atoms with van der Waals surface area (Å²) in [7, 11) is 0. The average molecular weight is 440 g/mol. The molecule has 0 aliphatic heterocycles. The summed E-state index contributed by atoms with van der Waals surface area (Å²) >= 11 is 0. The van der Waals surface area contributed by atoms with E-state index in [0.29, 0.717) is 28.7 Å². The molecule has 168 valence electrons. The molecule has 1 aliphatic carbocycles. The number of benzene rings is 3. The highest BCUT2D eigenvalue weighted by Gasteiger charge is 2.20. The van der Waals surface area contributed by atoms with Crippen LogP contribution in [0.25, 0.3) is 11.0 Å². The van der Waals surface area contributed by atoms with Crippen molar-refractivity contribution in [2.45, 2.75) is 51.9 Å². The molecule has 0 radical (unpaired) electrons. The number of aryl methyl sites for hydroxylation is 2. The number of carbonyl (C=O) groups excluding carboxylic acids is 1. The van der Waals surface area contributed by atoms with E-state index in [-0.39, 0.29) is 5.91 Å². The number of aromatic nitrogens is 2. The summed E-state index contributed by atoms with van der Waals surface area (Å²) in [5.74, 6) is 2.63. The summed E-state index contributed by atoms with van der Waals surface area (Å²) in [6, 6.07) is 19.3. The first-order chi connectivity index (χ1) is 16.0. The summed E-state index contributed by atoms with van der Waals surface area (Å²) in [5.41, 5.74) is 5.26. The Labute approximate surface area is 194 Å². The van der Waals surface area contributed by atoms with Crippen molar-refractivity contribution < 1.29 is 9.53 Å². The molecule has 33 heavy (non-hydrogen) atoms. The van der Waals surface area contributed by atoms with Crippen LogP contribution < -0.4 is 10.1 Å². The Morgan fingerprint density at radius 3 is 2.30 bits per heavy atom. The first-order valence-electron chi connectivity index (χ1n) is 11.7. The van der Waals surface area contributed by atoms with Crippen molar-refractivity contribution in [2.75, 3.05) is 5.32 Å². The number of fused-ring (bicyclic) bond motifs is 1. The van der Waals surface area contributed by atoms with Gasteiger partial charge in [0, 0.05) is 17.5 Å². The second kappa shape index (κ2) is 9.10. The van der Waals surface area contributed by atoms with E-state index < -0.39 is 0 Å². The van der Waals surface area contributed by atoms with Gasteiger partial charge in [-0.1, -0.05) is 54.7 Å². The third kappa shape index (κ3) is 4.77. The molecule has 0 spiro atoms. The highest BCUT2D eigenvalue weighted by atomic mass is 16.5. The van der Waals surface area contributed by atoms with Crippen molar-refractivity contribution >= 4 is 22.6 Å². The van der Waals surface area contributed by atoms with Gasteiger partial charge in [-0.2, -0.15) is 0 Å². The molecule has 5 rings (SSSR count). The zero-order valence-corrected chi connectivity index (χ0v) is 19.2. The monoisotopic (exact) mass is 439 g/mol. The van der Waals surface area contributed by atoms with Gasteiger partial charge in [-0.3, -0.25) is 4.79 Å². The third-order valence-electron chi connectivity index (χ3n) is 6.40. The lowest BCUT2D eigenvalue weighted by molar-refractivity contribution is 0.102. The fourth-order valence-corrected chi connectivity index (χ4v) is 4.44. The topological polar surface area (TPSA) is 67.0 Å². The fraction of sp³-hybridized carbons (Fsp3) is 0.286. The number of hydrogen-bond acceptors (Lipinski definition) is 3. The predicted molar refractivity (Wildman–Crippen MR) is 132 cm³/mol. The van der Waals surface area contributed by atoms with E-state index in [1.807, 2.05) is 74.5 Å². The molecule has 1 heterocycles. The highest BCUT2D eigenvalue weighted by molar-refractivity contribution is 6.06. The molecule has 1 aliphatic rings. The van der Waals surface area contributed by atoms with Gasteiger partial charge >= 0.3 is 0 Å². The molecule has 2 N–H and O–H groups in total. The lowest BCUT2D eigenvalue weighted by atomic mass is 9.89. The number of anilines is 1. The summed E-state index contributed by atoms with van der Waals surface area (Å²) in [4.78, 5) is 21.4. The van der Waals surface area contributed by atoms with Crippen LogP contribution in [0.3, 0.4) is 0 Å². The number of hydrogen-bond donors (Lipinski definition) is 2. The Bertz CT molecular complexity index is 1270. The Kier molecular flexibility index (Phi) is 5.86. The minimum Gasteiger partial charge on any atom is -0.455 e. The number of H-pyrrole nitrogens is 1. The Morgan fingerprint density at radius 2 is 1.61 bits per heavy atom. The lowest BCUT2D eigenvalue weighted by Crippen LogP contribution is -2.12. The first-order valence-corrected chi connectivity index (χ1v) is 11.7. The Balaban J connectivity index is 1.50. The fourth-order valence-electron chi connectivity index (χ4n) is 4.44. The number of carbonyl (C=O) groups is 1. The average Bonchev–Trinajstić information content (AvgIpc) is 3.24. The number of amides is 1. The van der Waals surface area contributed by atoms with Crippen molar-refractivity contribution in [1.29, 1.82) is 0 Å². The summed E-state index contributed by atoms with van der Waals surface area (Å²) in [6.07, 6.45) is 6.15. The summed E-state index contributed by atoms with van der Waals surface area (Å²) in [5, 5.41) is 3.05. The van der Waals surface area contributed by atoms with Crippen LogP contribution in [-0.2, 0) is 0 Å². The van der Waals surface area contributed by atoms with Gasteiger partial charge in [0.25, 0.3) is 5.91 Å². The van der Waals surface area contributed by atoms with Gasteiger partial charge in [0.15, 0.2) is 5.75 Å². The van der Waals surface area contributed by atoms with Gasteiger partial charge in [-0.15, -0.1) is 0 Å². The maximum atomic E-state index is 13.0. The smallest absolute Gasteiger partial charge is 0.255 e. The molecular weight excluding hydrogens is 410 g/mol. The number of ether oxygens (including phenoxy) is 1. The van der Waals surface area contributed by atoms with E-state index in [1.165, 1.54) is 32.1 Å². The van der Waals surface area contributed by atoms with Crippen molar-refractivity contribution in [1.82, 2.24) is 9.97 Å². The van der Waals surface area contributed by atoms with E-state index in [1.54, 1.807) is 0 Å². The standard InChI is InChI=1S/C28H29N3O2/c1-18-8-12-21(13-9-18)28(32)31-25-16-23-24(30-27(29-23)20-6-4-3-5-7-20)17-26(25)33-22-14-10-19(2)11-15-22/h8-17,20H,3-7H2,1-2H3,(H,29,30)(H,31,32). The molecule has 1 aromatic heterocycles. The maximum absolute atomic E-state index is 13.0. The number of nitrogens with one attached hydrogen (secondary N) is 2. The zero-order chi connectivity index (χ0) is 22.8. The molecule has 0 unspecified atom stereocenters. The van der Waals surface area contributed by atoms with Crippen LogP contribution in [-0.4, -0.2) is 15.9 Å². The zero-order valence-electron chi connectivity index (χ0n) is 19.2. The van der Waals surface area contributed by atoms with Crippen LogP contribution in [0.1, 0.15) is 65.3 Å². The minimum absolute atomic E-state index is 0.171. The quantitative estimate of drug-likeness (QED) is 0.343. The molecule has 1 fully saturated rings. The van der Waals surface area contributed by atoms with Crippen molar-refractivity contribution in [2.24, 2.45) is 0 Å². The van der Waals surface area contributed by atoms with Crippen molar-refractivity contribution in [3.8, 4) is 11.5 Å². The molecular formula is C28H29N3O2. The Morgan fingerprint density at radius 1 is 0.939 bits per heavy atom. The van der Waals surface area contributed by atoms with E-state index in [0.717, 1.165) is 28.0 Å². The van der Waals surface area contributed by atoms with Gasteiger partial charge in [0.05, 0.1) is 16.7 Å². The first kappa shape index (κ1) is 21.3. The molecule has 3 aromatic carbocycles. The SMILES string of the molecule is Cc1ccc(Oc2cc3nc(C4CCCCC4)[nH]c3cc2NC(=O)c2ccc(C)cc2)cc1. The van der Waals surface area contributed by atoms with E-state index in [2.05, 4.69) is 10.3 Å². The predicted octanol–water partition coefficient (Wildman–Crippen LogP) is 7.27. The third-order valence-corrected chi connectivity index (χ3v) is 6.40. The van der Waals surface area contributed by atoms with Gasteiger partial charge in [0.2, 0.25) is 0 Å². The number of rotatable bonds is 5. The van der Waals surface area contributed by atoms with Crippen LogP contribution in [0.4, 0.5) is 5.69 Å². The minimum atomic E-state index is -0.171. The molecule has 0 saturated heterocycles. The summed E-state index contributed by atoms with van der Waals surface area (Å²) < 4.78 is 6.21. The van der Waals surface area contributed by atoms with Crippen molar-refractivity contribution in [3.63, 3.8) is 0 Å². The van der Waals surface area contributed by atoms with Crippen LogP contribution in [0, 0.1) is 13.8 Å². The molecule has 0 bridgehead atoms. The largest absolute Gasteiger partial charge is 0.455 e. The number of aromatic amines is 1. The van der Waals surface area contributed by atoms with Gasteiger partial charge in [0.1, 0.15) is 11.6 Å². The molecule has 1 saturated carbocycles. The van der Waals surface area contributed by atoms with Crippen molar-refractivity contribution in [3.05, 3.63) is 83.2 Å². The van der Waals surface area contributed by atoms with Gasteiger partial charge in [-0.05, 0) is 57.0 Å². The van der Waals surface area contributed by atoms with Gasteiger partial charge in [-0.25, -0.2) is 4.98 Å². The molecule has 5 heteroatoms. The number of imidazole rings is 1. The van der Waals surface area contributed by atoms with Gasteiger partial charge < -0.3 is 15.0 Å². The highest BCUT2D eigenvalue weighted by Crippen LogP contribution is 2.36. The van der Waals surface area contributed by atoms with Crippen LogP contribution in [0.15, 0.2) is 60.7 Å². The molecule has 4 aromatic rings. The lowest BCUT2D eigenvalue weighted by Gasteiger charge is -2.18. The van der Waals surface area contributed by atoms with Crippen LogP contribution in [0.2, 0.25) is 0 Å². The van der Waals surface area contributed by atoms with E-state index in [9.17, 15) is 4.79 Å². The second-order valence-corrected chi connectivity index (χ2v) is 9.06. The second-order valence-electron chi connectivity index (χ2n) is 9.06. The summed E-state index contributed by atoms with van der Waals surface area (Å²) in [6.45, 7) is 4.05. The maximum Gasteiger partial charge on any atom is 0.255 e. The van der Waals surface area contributed by atoms with E-state index in [4.69, 9.17) is 9.72 Å². The van der Waals surface area contributed by atoms with Crippen LogP contribution >= 0.6 is 0 Å². The van der Waals surface area contributed by atoms with Crippen LogP contribution in [0.5, 0.6) is 11.5 Å². The molecule has 5 nitrogen and oxygen atoms in total.